The van der Waals surface area contributed by atoms with E-state index in [-0.39, 0.29) is 29.7 Å². The van der Waals surface area contributed by atoms with Crippen molar-refractivity contribution in [1.82, 2.24) is 0 Å². The predicted molar refractivity (Wildman–Crippen MR) is 158 cm³/mol. The van der Waals surface area contributed by atoms with Crippen molar-refractivity contribution in [2.24, 2.45) is 0 Å². The molecular formula is C20H58O5Si6. The fourth-order valence-corrected chi connectivity index (χ4v) is 28.2. The molecule has 0 saturated carbocycles. The van der Waals surface area contributed by atoms with E-state index in [0.29, 0.717) is 0 Å². The quantitative estimate of drug-likeness (QED) is 0.230. The molecule has 5 nitrogen and oxygen atoms in total. The van der Waals surface area contributed by atoms with Gasteiger partial charge in [0.15, 0.2) is 16.6 Å². The summed E-state index contributed by atoms with van der Waals surface area (Å²) in [6.45, 7) is 33.1. The molecule has 192 valence electrons. The molecule has 0 spiro atoms. The van der Waals surface area contributed by atoms with E-state index >= 15 is 0 Å². The molecule has 0 amide bonds. The van der Waals surface area contributed by atoms with Crippen LogP contribution in [0.25, 0.3) is 0 Å². The SMILES string of the molecule is C.C.C.C.C=C[Si](C)(C)O[Si](C)(C)O[Si](C)(O[Si](C)(C)C=C)O[Si](C)(C)O[Si](C)(C)C. The molecule has 0 aromatic rings. The summed E-state index contributed by atoms with van der Waals surface area (Å²) in [5.41, 5.74) is 3.85. The summed E-state index contributed by atoms with van der Waals surface area (Å²) >= 11 is 0. The third-order valence-electron chi connectivity index (χ3n) is 3.35. The Morgan fingerprint density at radius 2 is 0.742 bits per heavy atom. The van der Waals surface area contributed by atoms with Gasteiger partial charge in [-0.25, -0.2) is 0 Å². The molecular weight excluding hydrogens is 489 g/mol. The van der Waals surface area contributed by atoms with Crippen LogP contribution in [0.4, 0.5) is 0 Å². The van der Waals surface area contributed by atoms with Crippen LogP contribution in [0, 0.1) is 0 Å². The zero-order chi connectivity index (χ0) is 21.9. The zero-order valence-corrected chi connectivity index (χ0v) is 25.6. The van der Waals surface area contributed by atoms with Crippen LogP contribution in [0.1, 0.15) is 29.7 Å². The molecule has 0 N–H and O–H groups in total. The van der Waals surface area contributed by atoms with E-state index in [0.717, 1.165) is 0 Å². The van der Waals surface area contributed by atoms with Crippen molar-refractivity contribution in [2.45, 2.75) is 108 Å². The number of rotatable bonds is 12. The molecule has 0 aliphatic rings. The molecule has 0 aromatic heterocycles. The van der Waals surface area contributed by atoms with Gasteiger partial charge in [-0.1, -0.05) is 41.1 Å². The molecule has 1 atom stereocenters. The summed E-state index contributed by atoms with van der Waals surface area (Å²) in [4.78, 5) is 0. The van der Waals surface area contributed by atoms with Crippen LogP contribution in [0.15, 0.2) is 24.6 Å². The standard InChI is InChI=1S/C16H42O5Si6.4CH4/c1-15-23(6,7)18-26(12,13)21-27(14,19-24(8,9)16-2)20-25(10,11)17-22(3,4)5;;;;/h15-16H,1-2H2,3-14H3;4*1H4. The van der Waals surface area contributed by atoms with Crippen LogP contribution in [0.5, 0.6) is 0 Å². The Morgan fingerprint density at radius 3 is 1.03 bits per heavy atom. The maximum atomic E-state index is 6.61. The van der Waals surface area contributed by atoms with E-state index < -0.39 is 50.9 Å². The second-order valence-corrected chi connectivity index (χ2v) is 32.8. The van der Waals surface area contributed by atoms with Gasteiger partial charge in [0.1, 0.15) is 0 Å². The molecule has 1 unspecified atom stereocenters. The largest absolute Gasteiger partial charge is 0.469 e. The fraction of sp³-hybridized carbons (Fsp3) is 0.800. The van der Waals surface area contributed by atoms with E-state index in [1.54, 1.807) is 0 Å². The Balaban J connectivity index is -0.000000563. The summed E-state index contributed by atoms with van der Waals surface area (Å²) in [7, 11) is -13.8. The maximum absolute atomic E-state index is 6.61. The van der Waals surface area contributed by atoms with Gasteiger partial charge in [0.2, 0.25) is 8.32 Å². The summed E-state index contributed by atoms with van der Waals surface area (Å²) in [5, 5.41) is 0. The molecule has 0 heterocycles. The van der Waals surface area contributed by atoms with Crippen molar-refractivity contribution in [3.63, 3.8) is 0 Å². The molecule has 11 heteroatoms. The molecule has 31 heavy (non-hydrogen) atoms. The van der Waals surface area contributed by atoms with Crippen LogP contribution in [-0.4, -0.2) is 50.9 Å². The Morgan fingerprint density at radius 1 is 0.452 bits per heavy atom. The van der Waals surface area contributed by atoms with Crippen molar-refractivity contribution in [3.8, 4) is 0 Å². The molecule has 0 fully saturated rings. The first-order valence-electron chi connectivity index (χ1n) is 9.44. The average Bonchev–Trinajstić information content (AvgIpc) is 2.30. The van der Waals surface area contributed by atoms with Gasteiger partial charge in [0.25, 0.3) is 0 Å². The van der Waals surface area contributed by atoms with Crippen LogP contribution >= 0.6 is 0 Å². The first kappa shape index (κ1) is 41.8. The van der Waals surface area contributed by atoms with E-state index in [1.165, 1.54) is 0 Å². The van der Waals surface area contributed by atoms with Gasteiger partial charge >= 0.3 is 25.9 Å². The summed E-state index contributed by atoms with van der Waals surface area (Å²) in [5.74, 6) is 0. The zero-order valence-electron chi connectivity index (χ0n) is 19.6. The Kier molecular flexibility index (Phi) is 19.0. The third-order valence-corrected chi connectivity index (χ3v) is 24.3. The lowest BCUT2D eigenvalue weighted by molar-refractivity contribution is 0.217. The maximum Gasteiger partial charge on any atom is 0.469 e. The lowest BCUT2D eigenvalue weighted by Gasteiger charge is -2.44. The van der Waals surface area contributed by atoms with Gasteiger partial charge < -0.3 is 20.6 Å². The molecule has 0 saturated heterocycles. The molecule has 0 rings (SSSR count). The Labute approximate surface area is 203 Å². The van der Waals surface area contributed by atoms with Gasteiger partial charge in [-0.05, 0) is 72.0 Å². The lowest BCUT2D eigenvalue weighted by atomic mass is 11.3. The first-order valence-corrected chi connectivity index (χ1v) is 26.7. The molecule has 0 bridgehead atoms. The van der Waals surface area contributed by atoms with Crippen molar-refractivity contribution < 1.29 is 20.6 Å². The minimum atomic E-state index is -3.01. The van der Waals surface area contributed by atoms with E-state index in [9.17, 15) is 0 Å². The Hall–Kier alpha value is 0.581. The van der Waals surface area contributed by atoms with Crippen molar-refractivity contribution in [2.75, 3.05) is 0 Å². The fourth-order valence-electron chi connectivity index (χ4n) is 2.93. The van der Waals surface area contributed by atoms with E-state index in [1.807, 2.05) is 17.9 Å². The van der Waals surface area contributed by atoms with Gasteiger partial charge in [-0.2, -0.15) is 0 Å². The number of hydrogen-bond acceptors (Lipinski definition) is 5. The van der Waals surface area contributed by atoms with Crippen LogP contribution in [-0.2, 0) is 20.6 Å². The summed E-state index contributed by atoms with van der Waals surface area (Å²) in [6.07, 6.45) is 0. The molecule has 0 aromatic carbocycles. The third kappa shape index (κ3) is 18.7. The smallest absolute Gasteiger partial charge is 0.437 e. The highest BCUT2D eigenvalue weighted by Gasteiger charge is 2.51. The van der Waals surface area contributed by atoms with Crippen molar-refractivity contribution in [3.05, 3.63) is 24.6 Å². The minimum Gasteiger partial charge on any atom is -0.437 e. The topological polar surface area (TPSA) is 46.2 Å². The van der Waals surface area contributed by atoms with Crippen LogP contribution in [0.3, 0.4) is 0 Å². The predicted octanol–water partition coefficient (Wildman–Crippen LogP) is 8.28. The summed E-state index contributed by atoms with van der Waals surface area (Å²) < 4.78 is 32.6. The normalized spacial score (nSPS) is 14.6. The lowest BCUT2D eigenvalue weighted by Crippen LogP contribution is -2.63. The van der Waals surface area contributed by atoms with Crippen LogP contribution < -0.4 is 0 Å². The molecule has 0 aliphatic heterocycles. The monoisotopic (exact) mass is 546 g/mol. The second kappa shape index (κ2) is 14.1. The Bertz CT molecular complexity index is 533. The molecule has 0 aliphatic carbocycles. The van der Waals surface area contributed by atoms with Crippen molar-refractivity contribution >= 4 is 50.9 Å². The highest BCUT2D eigenvalue weighted by atomic mass is 28.5. The highest BCUT2D eigenvalue weighted by molar-refractivity contribution is 6.93. The van der Waals surface area contributed by atoms with E-state index in [2.05, 4.69) is 85.2 Å². The van der Waals surface area contributed by atoms with Crippen LogP contribution in [0.2, 0.25) is 78.6 Å². The minimum absolute atomic E-state index is 0. The van der Waals surface area contributed by atoms with Crippen molar-refractivity contribution in [1.29, 1.82) is 0 Å². The van der Waals surface area contributed by atoms with Gasteiger partial charge in [-0.3, -0.25) is 0 Å². The van der Waals surface area contributed by atoms with Gasteiger partial charge in [-0.15, -0.1) is 13.2 Å². The second-order valence-electron chi connectivity index (χ2n) is 9.90. The van der Waals surface area contributed by atoms with E-state index in [4.69, 9.17) is 20.6 Å². The first-order chi connectivity index (χ1) is 11.7. The summed E-state index contributed by atoms with van der Waals surface area (Å²) in [6, 6.07) is 0. The molecule has 0 radical (unpaired) electrons. The highest BCUT2D eigenvalue weighted by Crippen LogP contribution is 2.29. The average molecular weight is 547 g/mol. The number of hydrogen-bond donors (Lipinski definition) is 0. The van der Waals surface area contributed by atoms with Gasteiger partial charge in [0, 0.05) is 6.55 Å². The van der Waals surface area contributed by atoms with Gasteiger partial charge in [0.05, 0.1) is 0 Å².